The van der Waals surface area contributed by atoms with E-state index >= 15 is 0 Å². The zero-order chi connectivity index (χ0) is 14.1. The molecule has 0 aliphatic heterocycles. The highest BCUT2D eigenvalue weighted by atomic mass is 31.2. The van der Waals surface area contributed by atoms with E-state index in [-0.39, 0.29) is 0 Å². The summed E-state index contributed by atoms with van der Waals surface area (Å²) in [6.45, 7) is 4.67. The molecule has 1 rings (SSSR count). The Balaban J connectivity index is 2.42. The van der Waals surface area contributed by atoms with Gasteiger partial charge in [0.15, 0.2) is 0 Å². The molecule has 0 saturated carbocycles. The number of nitrogens with zero attached hydrogens (tertiary/aromatic N) is 1. The Labute approximate surface area is 114 Å². The van der Waals surface area contributed by atoms with Crippen molar-refractivity contribution in [2.75, 3.05) is 31.0 Å². The largest absolute Gasteiger partial charge is 0.330 e. The monoisotopic (exact) mass is 287 g/mol. The standard InChI is InChI=1S/C13H22NO4P/c1-3-17-19(16,18-4-2)12-8-11-14(15)13-9-6-5-7-10-13/h5-7,9-10,15H,3-4,8,11-12H2,1-2H3. The van der Waals surface area contributed by atoms with Crippen LogP contribution in [0.5, 0.6) is 0 Å². The maximum Gasteiger partial charge on any atom is 0.330 e. The van der Waals surface area contributed by atoms with Gasteiger partial charge >= 0.3 is 7.60 Å². The molecule has 1 aromatic rings. The molecule has 0 unspecified atom stereocenters. The molecule has 0 atom stereocenters. The molecule has 1 aromatic carbocycles. The van der Waals surface area contributed by atoms with Crippen LogP contribution < -0.4 is 5.06 Å². The van der Waals surface area contributed by atoms with Gasteiger partial charge in [-0.25, -0.2) is 0 Å². The molecule has 19 heavy (non-hydrogen) atoms. The Bertz CT molecular complexity index is 389. The lowest BCUT2D eigenvalue weighted by Gasteiger charge is -2.20. The van der Waals surface area contributed by atoms with Crippen molar-refractivity contribution in [2.45, 2.75) is 20.3 Å². The van der Waals surface area contributed by atoms with Crippen LogP contribution in [0.3, 0.4) is 0 Å². The highest BCUT2D eigenvalue weighted by Gasteiger charge is 2.23. The summed E-state index contributed by atoms with van der Waals surface area (Å²) < 4.78 is 22.6. The Kier molecular flexibility index (Phi) is 7.10. The highest BCUT2D eigenvalue weighted by Crippen LogP contribution is 2.48. The van der Waals surface area contributed by atoms with Crippen LogP contribution in [0.15, 0.2) is 30.3 Å². The minimum atomic E-state index is -3.00. The van der Waals surface area contributed by atoms with Gasteiger partial charge in [-0.1, -0.05) is 18.2 Å². The van der Waals surface area contributed by atoms with Crippen LogP contribution in [0.1, 0.15) is 20.3 Å². The maximum absolute atomic E-state index is 12.2. The molecule has 6 heteroatoms. The molecule has 0 aliphatic carbocycles. The number of rotatable bonds is 9. The van der Waals surface area contributed by atoms with Crippen molar-refractivity contribution < 1.29 is 18.8 Å². The van der Waals surface area contributed by atoms with E-state index in [1.807, 2.05) is 30.3 Å². The lowest BCUT2D eigenvalue weighted by atomic mass is 10.3. The van der Waals surface area contributed by atoms with Gasteiger partial charge < -0.3 is 9.05 Å². The Hall–Kier alpha value is -0.870. The van der Waals surface area contributed by atoms with E-state index in [4.69, 9.17) is 9.05 Å². The fraction of sp³-hybridized carbons (Fsp3) is 0.538. The van der Waals surface area contributed by atoms with E-state index in [0.29, 0.717) is 38.0 Å². The van der Waals surface area contributed by atoms with Crippen LogP contribution in [-0.4, -0.2) is 31.1 Å². The molecule has 0 aromatic heterocycles. The molecule has 0 radical (unpaired) electrons. The van der Waals surface area contributed by atoms with E-state index in [0.717, 1.165) is 5.06 Å². The second kappa shape index (κ2) is 8.33. The lowest BCUT2D eigenvalue weighted by molar-refractivity contribution is 0.217. The van der Waals surface area contributed by atoms with Gasteiger partial charge in [0.2, 0.25) is 0 Å². The summed E-state index contributed by atoms with van der Waals surface area (Å²) >= 11 is 0. The molecule has 0 heterocycles. The van der Waals surface area contributed by atoms with Crippen molar-refractivity contribution in [3.8, 4) is 0 Å². The van der Waals surface area contributed by atoms with Crippen molar-refractivity contribution in [3.63, 3.8) is 0 Å². The first-order valence-corrected chi connectivity index (χ1v) is 8.23. The lowest BCUT2D eigenvalue weighted by Crippen LogP contribution is -2.20. The fourth-order valence-electron chi connectivity index (χ4n) is 1.70. The molecule has 0 fully saturated rings. The van der Waals surface area contributed by atoms with Gasteiger partial charge in [-0.15, -0.1) is 0 Å². The molecule has 1 N–H and O–H groups in total. The normalized spacial score (nSPS) is 11.5. The number of para-hydroxylation sites is 1. The van der Waals surface area contributed by atoms with E-state index in [2.05, 4.69) is 0 Å². The predicted molar refractivity (Wildman–Crippen MR) is 75.9 cm³/mol. The first-order chi connectivity index (χ1) is 9.11. The Morgan fingerprint density at radius 2 is 1.74 bits per heavy atom. The van der Waals surface area contributed by atoms with E-state index in [1.54, 1.807) is 13.8 Å². The van der Waals surface area contributed by atoms with Crippen LogP contribution in [0.4, 0.5) is 5.69 Å². The summed E-state index contributed by atoms with van der Waals surface area (Å²) in [4.78, 5) is 0. The van der Waals surface area contributed by atoms with Crippen molar-refractivity contribution in [1.29, 1.82) is 0 Å². The first-order valence-electron chi connectivity index (χ1n) is 6.51. The second-order valence-electron chi connectivity index (χ2n) is 3.98. The van der Waals surface area contributed by atoms with Gasteiger partial charge in [-0.2, -0.15) is 0 Å². The smallest absolute Gasteiger partial charge is 0.309 e. The molecular weight excluding hydrogens is 265 g/mol. The van der Waals surface area contributed by atoms with E-state index in [9.17, 15) is 9.77 Å². The maximum atomic E-state index is 12.2. The molecule has 0 spiro atoms. The van der Waals surface area contributed by atoms with Crippen LogP contribution in [0.2, 0.25) is 0 Å². The quantitative estimate of drug-likeness (QED) is 0.556. The number of hydroxylamine groups is 1. The van der Waals surface area contributed by atoms with Gasteiger partial charge in [0.25, 0.3) is 0 Å². The van der Waals surface area contributed by atoms with Gasteiger partial charge in [0.05, 0.1) is 25.1 Å². The van der Waals surface area contributed by atoms with Gasteiger partial charge in [0.1, 0.15) is 0 Å². The minimum absolute atomic E-state index is 0.304. The molecule has 5 nitrogen and oxygen atoms in total. The third-order valence-electron chi connectivity index (χ3n) is 2.51. The van der Waals surface area contributed by atoms with Crippen LogP contribution in [0, 0.1) is 0 Å². The number of hydrogen-bond donors (Lipinski definition) is 1. The zero-order valence-electron chi connectivity index (χ0n) is 11.5. The topological polar surface area (TPSA) is 59.0 Å². The Morgan fingerprint density at radius 1 is 1.16 bits per heavy atom. The van der Waals surface area contributed by atoms with E-state index in [1.165, 1.54) is 0 Å². The van der Waals surface area contributed by atoms with Crippen LogP contribution >= 0.6 is 7.60 Å². The average molecular weight is 287 g/mol. The fourth-order valence-corrected chi connectivity index (χ4v) is 3.35. The predicted octanol–water partition coefficient (Wildman–Crippen LogP) is 3.54. The van der Waals surface area contributed by atoms with Crippen molar-refractivity contribution >= 4 is 13.3 Å². The summed E-state index contributed by atoms with van der Waals surface area (Å²) in [6.07, 6.45) is 0.835. The number of anilines is 1. The third-order valence-corrected chi connectivity index (χ3v) is 4.67. The summed E-state index contributed by atoms with van der Waals surface area (Å²) in [5.41, 5.74) is 0.713. The molecular formula is C13H22NO4P. The van der Waals surface area contributed by atoms with Gasteiger partial charge in [-0.05, 0) is 32.4 Å². The summed E-state index contributed by atoms with van der Waals surface area (Å²) in [5, 5.41) is 11.0. The second-order valence-corrected chi connectivity index (χ2v) is 6.17. The average Bonchev–Trinajstić information content (AvgIpc) is 2.40. The van der Waals surface area contributed by atoms with E-state index < -0.39 is 7.60 Å². The number of hydrogen-bond acceptors (Lipinski definition) is 5. The highest BCUT2D eigenvalue weighted by molar-refractivity contribution is 7.53. The third kappa shape index (κ3) is 5.74. The van der Waals surface area contributed by atoms with Crippen molar-refractivity contribution in [1.82, 2.24) is 0 Å². The minimum Gasteiger partial charge on any atom is -0.309 e. The molecule has 0 saturated heterocycles. The number of benzene rings is 1. The van der Waals surface area contributed by atoms with Gasteiger partial charge in [0, 0.05) is 6.54 Å². The summed E-state index contributed by atoms with van der Waals surface area (Å²) in [6, 6.07) is 9.21. The summed E-state index contributed by atoms with van der Waals surface area (Å²) in [5.74, 6) is 0. The molecule has 108 valence electrons. The first kappa shape index (κ1) is 16.2. The van der Waals surface area contributed by atoms with Gasteiger partial charge in [-0.3, -0.25) is 14.8 Å². The Morgan fingerprint density at radius 3 is 2.26 bits per heavy atom. The molecule has 0 bridgehead atoms. The van der Waals surface area contributed by atoms with Crippen LogP contribution in [0.25, 0.3) is 0 Å². The van der Waals surface area contributed by atoms with Crippen LogP contribution in [-0.2, 0) is 13.6 Å². The van der Waals surface area contributed by atoms with Crippen molar-refractivity contribution in [3.05, 3.63) is 30.3 Å². The SMILES string of the molecule is CCOP(=O)(CCCN(O)c1ccccc1)OCC. The van der Waals surface area contributed by atoms with Crippen molar-refractivity contribution in [2.24, 2.45) is 0 Å². The molecule has 0 aliphatic rings. The molecule has 0 amide bonds. The summed E-state index contributed by atoms with van der Waals surface area (Å²) in [7, 11) is -3.00. The zero-order valence-corrected chi connectivity index (χ0v) is 12.4.